The van der Waals surface area contributed by atoms with Gasteiger partial charge in [-0.05, 0) is 30.7 Å². The monoisotopic (exact) mass is 284 g/mol. The smallest absolute Gasteiger partial charge is 0.243 e. The van der Waals surface area contributed by atoms with Crippen molar-refractivity contribution in [3.63, 3.8) is 0 Å². The van der Waals surface area contributed by atoms with Crippen LogP contribution in [0.4, 0.5) is 11.4 Å². The van der Waals surface area contributed by atoms with E-state index in [1.165, 1.54) is 0 Å². The predicted octanol–water partition coefficient (Wildman–Crippen LogP) is 3.53. The summed E-state index contributed by atoms with van der Waals surface area (Å²) in [4.78, 5) is 12.0. The number of amides is 1. The van der Waals surface area contributed by atoms with Crippen molar-refractivity contribution in [2.75, 3.05) is 23.8 Å². The molecule has 0 radical (unpaired) electrons. The SMILES string of the molecule is CCCOc1ccccc1NC(=O)CNc1ccccc1. The highest BCUT2D eigenvalue weighted by Gasteiger charge is 2.07. The van der Waals surface area contributed by atoms with E-state index >= 15 is 0 Å². The van der Waals surface area contributed by atoms with E-state index in [4.69, 9.17) is 4.74 Å². The van der Waals surface area contributed by atoms with Crippen LogP contribution in [0.3, 0.4) is 0 Å². The second-order valence-corrected chi connectivity index (χ2v) is 4.61. The minimum atomic E-state index is -0.105. The molecule has 4 nitrogen and oxygen atoms in total. The number of benzene rings is 2. The second-order valence-electron chi connectivity index (χ2n) is 4.61. The number of anilines is 2. The van der Waals surface area contributed by atoms with Crippen molar-refractivity contribution >= 4 is 17.3 Å². The number of nitrogens with one attached hydrogen (secondary N) is 2. The third-order valence-electron chi connectivity index (χ3n) is 2.85. The Balaban J connectivity index is 1.90. The minimum absolute atomic E-state index is 0.105. The Labute approximate surface area is 125 Å². The number of hydrogen-bond donors (Lipinski definition) is 2. The van der Waals surface area contributed by atoms with Crippen LogP contribution >= 0.6 is 0 Å². The molecule has 0 atom stereocenters. The number of hydrogen-bond acceptors (Lipinski definition) is 3. The summed E-state index contributed by atoms with van der Waals surface area (Å²) < 4.78 is 5.61. The zero-order valence-corrected chi connectivity index (χ0v) is 12.1. The topological polar surface area (TPSA) is 50.4 Å². The van der Waals surface area contributed by atoms with Gasteiger partial charge in [0.2, 0.25) is 5.91 Å². The maximum Gasteiger partial charge on any atom is 0.243 e. The van der Waals surface area contributed by atoms with Crippen LogP contribution in [0.5, 0.6) is 5.75 Å². The third kappa shape index (κ3) is 4.84. The zero-order valence-electron chi connectivity index (χ0n) is 12.1. The molecule has 0 spiro atoms. The normalized spacial score (nSPS) is 9.95. The summed E-state index contributed by atoms with van der Waals surface area (Å²) in [6.45, 7) is 2.90. The maximum absolute atomic E-state index is 12.0. The Bertz CT molecular complexity index is 570. The zero-order chi connectivity index (χ0) is 14.9. The van der Waals surface area contributed by atoms with Crippen LogP contribution in [0.15, 0.2) is 54.6 Å². The van der Waals surface area contributed by atoms with Gasteiger partial charge in [-0.2, -0.15) is 0 Å². The van der Waals surface area contributed by atoms with Gasteiger partial charge in [0, 0.05) is 5.69 Å². The van der Waals surface area contributed by atoms with Crippen LogP contribution in [0.1, 0.15) is 13.3 Å². The fourth-order valence-electron chi connectivity index (χ4n) is 1.84. The van der Waals surface area contributed by atoms with Crippen molar-refractivity contribution in [2.45, 2.75) is 13.3 Å². The molecule has 110 valence electrons. The summed E-state index contributed by atoms with van der Waals surface area (Å²) in [7, 11) is 0. The van der Waals surface area contributed by atoms with Crippen molar-refractivity contribution in [1.29, 1.82) is 0 Å². The standard InChI is InChI=1S/C17H20N2O2/c1-2-12-21-16-11-7-6-10-15(16)19-17(20)13-18-14-8-4-3-5-9-14/h3-11,18H,2,12-13H2,1H3,(H,19,20). The number of carbonyl (C=O) groups is 1. The lowest BCUT2D eigenvalue weighted by molar-refractivity contribution is -0.114. The molecule has 0 bridgehead atoms. The molecule has 0 aliphatic carbocycles. The van der Waals surface area contributed by atoms with E-state index in [-0.39, 0.29) is 12.5 Å². The highest BCUT2D eigenvalue weighted by molar-refractivity contribution is 5.95. The van der Waals surface area contributed by atoms with Crippen molar-refractivity contribution in [3.05, 3.63) is 54.6 Å². The molecular formula is C17H20N2O2. The Morgan fingerprint density at radius 3 is 2.52 bits per heavy atom. The van der Waals surface area contributed by atoms with Gasteiger partial charge in [0.05, 0.1) is 18.8 Å². The molecular weight excluding hydrogens is 264 g/mol. The summed E-state index contributed by atoms with van der Waals surface area (Å²) in [6.07, 6.45) is 0.928. The molecule has 4 heteroatoms. The van der Waals surface area contributed by atoms with E-state index in [0.29, 0.717) is 18.0 Å². The van der Waals surface area contributed by atoms with Crippen LogP contribution < -0.4 is 15.4 Å². The van der Waals surface area contributed by atoms with Gasteiger partial charge in [0.1, 0.15) is 5.75 Å². The average molecular weight is 284 g/mol. The first-order valence-corrected chi connectivity index (χ1v) is 7.10. The summed E-state index contributed by atoms with van der Waals surface area (Å²) in [5, 5.41) is 5.94. The number of para-hydroxylation sites is 3. The van der Waals surface area contributed by atoms with E-state index in [0.717, 1.165) is 12.1 Å². The maximum atomic E-state index is 12.0. The van der Waals surface area contributed by atoms with E-state index in [1.807, 2.05) is 61.5 Å². The van der Waals surface area contributed by atoms with Gasteiger partial charge in [0.15, 0.2) is 0 Å². The molecule has 0 aromatic heterocycles. The fraction of sp³-hybridized carbons (Fsp3) is 0.235. The molecule has 0 heterocycles. The quantitative estimate of drug-likeness (QED) is 0.818. The first-order chi connectivity index (χ1) is 10.3. The average Bonchev–Trinajstić information content (AvgIpc) is 2.53. The number of rotatable bonds is 7. The van der Waals surface area contributed by atoms with Gasteiger partial charge in [-0.1, -0.05) is 37.3 Å². The summed E-state index contributed by atoms with van der Waals surface area (Å²) in [5.74, 6) is 0.596. The van der Waals surface area contributed by atoms with Crippen molar-refractivity contribution in [3.8, 4) is 5.75 Å². The van der Waals surface area contributed by atoms with Crippen LogP contribution in [0, 0.1) is 0 Å². The fourth-order valence-corrected chi connectivity index (χ4v) is 1.84. The Kier molecular flexibility index (Phi) is 5.64. The highest BCUT2D eigenvalue weighted by atomic mass is 16.5. The van der Waals surface area contributed by atoms with E-state index in [1.54, 1.807) is 0 Å². The van der Waals surface area contributed by atoms with Crippen molar-refractivity contribution in [1.82, 2.24) is 0 Å². The summed E-state index contributed by atoms with van der Waals surface area (Å²) in [6, 6.07) is 17.1. The molecule has 0 saturated heterocycles. The lowest BCUT2D eigenvalue weighted by Crippen LogP contribution is -2.22. The Morgan fingerprint density at radius 1 is 1.05 bits per heavy atom. The number of carbonyl (C=O) groups excluding carboxylic acids is 1. The molecule has 2 aromatic carbocycles. The van der Waals surface area contributed by atoms with Crippen molar-refractivity contribution < 1.29 is 9.53 Å². The second kappa shape index (κ2) is 7.94. The van der Waals surface area contributed by atoms with Crippen LogP contribution in [-0.2, 0) is 4.79 Å². The van der Waals surface area contributed by atoms with Crippen molar-refractivity contribution in [2.24, 2.45) is 0 Å². The van der Waals surface area contributed by atoms with Crippen LogP contribution in [0.25, 0.3) is 0 Å². The molecule has 2 N–H and O–H groups in total. The first kappa shape index (κ1) is 14.9. The molecule has 0 aliphatic heterocycles. The van der Waals surface area contributed by atoms with Crippen LogP contribution in [-0.4, -0.2) is 19.1 Å². The summed E-state index contributed by atoms with van der Waals surface area (Å²) >= 11 is 0. The first-order valence-electron chi connectivity index (χ1n) is 7.10. The molecule has 2 aromatic rings. The van der Waals surface area contributed by atoms with Gasteiger partial charge >= 0.3 is 0 Å². The van der Waals surface area contributed by atoms with Gasteiger partial charge in [-0.25, -0.2) is 0 Å². The molecule has 2 rings (SSSR count). The largest absolute Gasteiger partial charge is 0.491 e. The van der Waals surface area contributed by atoms with E-state index < -0.39 is 0 Å². The molecule has 21 heavy (non-hydrogen) atoms. The number of ether oxygens (including phenoxy) is 1. The molecule has 1 amide bonds. The molecule has 0 unspecified atom stereocenters. The summed E-state index contributed by atoms with van der Waals surface area (Å²) in [5.41, 5.74) is 1.62. The van der Waals surface area contributed by atoms with Gasteiger partial charge in [-0.3, -0.25) is 4.79 Å². The lowest BCUT2D eigenvalue weighted by atomic mass is 10.3. The molecule has 0 fully saturated rings. The third-order valence-corrected chi connectivity index (χ3v) is 2.85. The Morgan fingerprint density at radius 2 is 1.76 bits per heavy atom. The molecule has 0 saturated carbocycles. The predicted molar refractivity (Wildman–Crippen MR) is 85.8 cm³/mol. The minimum Gasteiger partial charge on any atom is -0.491 e. The van der Waals surface area contributed by atoms with Gasteiger partial charge < -0.3 is 15.4 Å². The Hall–Kier alpha value is -2.49. The van der Waals surface area contributed by atoms with Crippen LogP contribution in [0.2, 0.25) is 0 Å². The highest BCUT2D eigenvalue weighted by Crippen LogP contribution is 2.23. The van der Waals surface area contributed by atoms with E-state index in [9.17, 15) is 4.79 Å². The van der Waals surface area contributed by atoms with Gasteiger partial charge in [0.25, 0.3) is 0 Å². The lowest BCUT2D eigenvalue weighted by Gasteiger charge is -2.12. The van der Waals surface area contributed by atoms with Gasteiger partial charge in [-0.15, -0.1) is 0 Å². The van der Waals surface area contributed by atoms with E-state index in [2.05, 4.69) is 10.6 Å². The molecule has 0 aliphatic rings.